The van der Waals surface area contributed by atoms with E-state index in [0.29, 0.717) is 78.0 Å². The van der Waals surface area contributed by atoms with Gasteiger partial charge in [-0.05, 0) is 18.8 Å². The molecule has 27 heavy (non-hydrogen) atoms. The number of ether oxygens (including phenoxy) is 4. The van der Waals surface area contributed by atoms with Crippen LogP contribution in [0.2, 0.25) is 0 Å². The molecule has 160 valence electrons. The molecule has 6 heteroatoms. The number of ketones is 2. The smallest absolute Gasteiger partial charge is 0.135 e. The quantitative estimate of drug-likeness (QED) is 0.298. The second-order valence-corrected chi connectivity index (χ2v) is 7.40. The molecule has 0 spiro atoms. The molecule has 0 fully saturated rings. The van der Waals surface area contributed by atoms with E-state index in [-0.39, 0.29) is 17.5 Å². The lowest BCUT2D eigenvalue weighted by atomic mass is 10.0. The predicted octanol–water partition coefficient (Wildman–Crippen LogP) is 3.45. The molecule has 0 amide bonds. The van der Waals surface area contributed by atoms with Gasteiger partial charge in [0.2, 0.25) is 0 Å². The zero-order valence-electron chi connectivity index (χ0n) is 17.8. The van der Waals surface area contributed by atoms with Crippen molar-refractivity contribution in [1.82, 2.24) is 0 Å². The Hall–Kier alpha value is -0.820. The van der Waals surface area contributed by atoms with Gasteiger partial charge in [0.25, 0.3) is 0 Å². The van der Waals surface area contributed by atoms with Crippen molar-refractivity contribution in [3.8, 4) is 0 Å². The fourth-order valence-corrected chi connectivity index (χ4v) is 2.16. The molecule has 0 aromatic rings. The van der Waals surface area contributed by atoms with E-state index in [1.54, 1.807) is 0 Å². The maximum atomic E-state index is 11.6. The topological polar surface area (TPSA) is 71.1 Å². The Bertz CT molecular complexity index is 368. The van der Waals surface area contributed by atoms with Crippen molar-refractivity contribution >= 4 is 11.6 Å². The summed E-state index contributed by atoms with van der Waals surface area (Å²) in [6, 6.07) is 0. The Morgan fingerprint density at radius 2 is 1.11 bits per heavy atom. The predicted molar refractivity (Wildman–Crippen MR) is 106 cm³/mol. The van der Waals surface area contributed by atoms with Crippen LogP contribution in [0.5, 0.6) is 0 Å². The minimum absolute atomic E-state index is 0.107. The van der Waals surface area contributed by atoms with Crippen LogP contribution < -0.4 is 0 Å². The molecule has 0 saturated heterocycles. The van der Waals surface area contributed by atoms with Crippen LogP contribution in [0.25, 0.3) is 0 Å². The van der Waals surface area contributed by atoms with E-state index in [1.165, 1.54) is 0 Å². The van der Waals surface area contributed by atoms with Gasteiger partial charge in [-0.3, -0.25) is 9.59 Å². The first-order chi connectivity index (χ1) is 12.9. The molecule has 0 N–H and O–H groups in total. The number of Topliss-reactive ketones (excluding diaryl/α,β-unsaturated/α-hetero) is 2. The number of hydrogen-bond donors (Lipinski definition) is 0. The van der Waals surface area contributed by atoms with Crippen molar-refractivity contribution in [2.75, 3.05) is 52.9 Å². The zero-order valence-corrected chi connectivity index (χ0v) is 17.8. The summed E-state index contributed by atoms with van der Waals surface area (Å²) in [6.45, 7) is 12.2. The van der Waals surface area contributed by atoms with Gasteiger partial charge in [0, 0.05) is 31.8 Å². The van der Waals surface area contributed by atoms with E-state index in [1.807, 2.05) is 13.8 Å². The van der Waals surface area contributed by atoms with Crippen LogP contribution in [0.4, 0.5) is 0 Å². The lowest BCUT2D eigenvalue weighted by Gasteiger charge is -2.08. The van der Waals surface area contributed by atoms with E-state index < -0.39 is 0 Å². The molecule has 0 bridgehead atoms. The molecule has 0 aromatic heterocycles. The Morgan fingerprint density at radius 1 is 0.630 bits per heavy atom. The third kappa shape index (κ3) is 19.7. The largest absolute Gasteiger partial charge is 0.379 e. The maximum Gasteiger partial charge on any atom is 0.135 e. The Labute approximate surface area is 165 Å². The van der Waals surface area contributed by atoms with Gasteiger partial charge in [-0.2, -0.15) is 0 Å². The minimum Gasteiger partial charge on any atom is -0.379 e. The first-order valence-corrected chi connectivity index (χ1v) is 10.3. The molecule has 6 nitrogen and oxygen atoms in total. The summed E-state index contributed by atoms with van der Waals surface area (Å²) in [5.74, 6) is 1.23. The monoisotopic (exact) mass is 388 g/mol. The summed E-state index contributed by atoms with van der Waals surface area (Å²) in [4.78, 5) is 23.0. The van der Waals surface area contributed by atoms with Gasteiger partial charge in [-0.1, -0.05) is 27.7 Å². The zero-order chi connectivity index (χ0) is 20.3. The lowest BCUT2D eigenvalue weighted by molar-refractivity contribution is -0.122. The number of carbonyl (C=O) groups excluding carboxylic acids is 2. The first kappa shape index (κ1) is 26.2. The molecular weight excluding hydrogens is 348 g/mol. The standard InChI is InChI=1S/C21H40O6/c1-18(2)7-8-20(22)9-11-25-13-15-27-17-16-26-14-12-24-10-5-6-21(23)19(3)4/h18-19H,5-17H2,1-4H3. The number of rotatable bonds is 20. The molecule has 0 aliphatic carbocycles. The second-order valence-electron chi connectivity index (χ2n) is 7.40. The molecule has 0 saturated carbocycles. The third-order valence-electron chi connectivity index (χ3n) is 4.00. The van der Waals surface area contributed by atoms with Gasteiger partial charge >= 0.3 is 0 Å². The summed E-state index contributed by atoms with van der Waals surface area (Å²) in [5, 5.41) is 0. The summed E-state index contributed by atoms with van der Waals surface area (Å²) in [6.07, 6.45) is 3.44. The van der Waals surface area contributed by atoms with Gasteiger partial charge < -0.3 is 18.9 Å². The van der Waals surface area contributed by atoms with Crippen molar-refractivity contribution in [2.24, 2.45) is 11.8 Å². The molecule has 0 aromatic carbocycles. The van der Waals surface area contributed by atoms with Crippen LogP contribution in [0.15, 0.2) is 0 Å². The van der Waals surface area contributed by atoms with Crippen molar-refractivity contribution in [2.45, 2.75) is 59.8 Å². The van der Waals surface area contributed by atoms with E-state index >= 15 is 0 Å². The van der Waals surface area contributed by atoms with Crippen LogP contribution in [0.1, 0.15) is 59.8 Å². The van der Waals surface area contributed by atoms with Crippen LogP contribution in [0.3, 0.4) is 0 Å². The second kappa shape index (κ2) is 18.5. The first-order valence-electron chi connectivity index (χ1n) is 10.3. The molecule has 0 unspecified atom stereocenters. The molecule has 0 heterocycles. The lowest BCUT2D eigenvalue weighted by Crippen LogP contribution is -2.13. The molecule has 0 aliphatic rings. The normalized spacial score (nSPS) is 11.5. The minimum atomic E-state index is 0.107. The van der Waals surface area contributed by atoms with E-state index in [9.17, 15) is 9.59 Å². The maximum absolute atomic E-state index is 11.6. The fourth-order valence-electron chi connectivity index (χ4n) is 2.16. The Kier molecular flexibility index (Phi) is 18.0. The fraction of sp³-hybridized carbons (Fsp3) is 0.905. The van der Waals surface area contributed by atoms with Crippen LogP contribution in [-0.4, -0.2) is 64.4 Å². The van der Waals surface area contributed by atoms with E-state index in [4.69, 9.17) is 18.9 Å². The average Bonchev–Trinajstić information content (AvgIpc) is 2.62. The van der Waals surface area contributed by atoms with Gasteiger partial charge in [0.1, 0.15) is 11.6 Å². The van der Waals surface area contributed by atoms with Gasteiger partial charge in [0.15, 0.2) is 0 Å². The van der Waals surface area contributed by atoms with Gasteiger partial charge in [-0.15, -0.1) is 0 Å². The van der Waals surface area contributed by atoms with E-state index in [2.05, 4.69) is 13.8 Å². The SMILES string of the molecule is CC(C)CCC(=O)CCOCCOCCOCCOCCCC(=O)C(C)C. The van der Waals surface area contributed by atoms with Crippen LogP contribution in [0, 0.1) is 11.8 Å². The van der Waals surface area contributed by atoms with Crippen molar-refractivity contribution in [3.63, 3.8) is 0 Å². The summed E-state index contributed by atoms with van der Waals surface area (Å²) >= 11 is 0. The Balaban J connectivity index is 3.17. The summed E-state index contributed by atoms with van der Waals surface area (Å²) in [7, 11) is 0. The highest BCUT2D eigenvalue weighted by Crippen LogP contribution is 2.05. The molecule has 0 atom stereocenters. The molecule has 0 aliphatic heterocycles. The highest BCUT2D eigenvalue weighted by Gasteiger charge is 2.06. The highest BCUT2D eigenvalue weighted by molar-refractivity contribution is 5.80. The molecular formula is C21H40O6. The molecule has 0 rings (SSSR count). The van der Waals surface area contributed by atoms with Gasteiger partial charge in [-0.25, -0.2) is 0 Å². The number of carbonyl (C=O) groups is 2. The Morgan fingerprint density at radius 3 is 1.59 bits per heavy atom. The molecule has 0 radical (unpaired) electrons. The van der Waals surface area contributed by atoms with Crippen LogP contribution >= 0.6 is 0 Å². The number of hydrogen-bond acceptors (Lipinski definition) is 6. The van der Waals surface area contributed by atoms with Crippen molar-refractivity contribution in [3.05, 3.63) is 0 Å². The van der Waals surface area contributed by atoms with Crippen molar-refractivity contribution < 1.29 is 28.5 Å². The third-order valence-corrected chi connectivity index (χ3v) is 4.00. The summed E-state index contributed by atoms with van der Waals surface area (Å²) < 4.78 is 21.6. The highest BCUT2D eigenvalue weighted by atomic mass is 16.6. The van der Waals surface area contributed by atoms with Crippen molar-refractivity contribution in [1.29, 1.82) is 0 Å². The van der Waals surface area contributed by atoms with Crippen LogP contribution in [-0.2, 0) is 28.5 Å². The average molecular weight is 389 g/mol. The van der Waals surface area contributed by atoms with E-state index in [0.717, 1.165) is 12.8 Å². The van der Waals surface area contributed by atoms with Gasteiger partial charge in [0.05, 0.1) is 46.2 Å². The summed E-state index contributed by atoms with van der Waals surface area (Å²) in [5.41, 5.74) is 0.